The molecule has 2 saturated heterocycles. The fourth-order valence-electron chi connectivity index (χ4n) is 5.81. The van der Waals surface area contributed by atoms with Crippen LogP contribution < -0.4 is 4.72 Å². The van der Waals surface area contributed by atoms with Gasteiger partial charge in [0.1, 0.15) is 4.90 Å². The van der Waals surface area contributed by atoms with Crippen molar-refractivity contribution in [1.82, 2.24) is 9.88 Å². The Morgan fingerprint density at radius 2 is 1.79 bits per heavy atom. The summed E-state index contributed by atoms with van der Waals surface area (Å²) in [6, 6.07) is 23.4. The van der Waals surface area contributed by atoms with Crippen LogP contribution in [-0.2, 0) is 26.1 Å². The standard InChI is InChI=1S/C32H35N3O6S/c1-21-28(19-35-16-14-27(37)18-35)40-32(41-31(21)24-12-10-22(20-36)11-13-24)25-6-2-8-26(17-25)34-42(38,39)29-9-3-5-23-7-4-15-33-30(23)29/h2-13,15,17,21,27-28,31-32,34,36-37H,14,16,18-20H2,1H3. The number of aliphatic hydroxyl groups excluding tert-OH is 2. The molecule has 6 rings (SSSR count). The summed E-state index contributed by atoms with van der Waals surface area (Å²) < 4.78 is 42.7. The van der Waals surface area contributed by atoms with E-state index in [1.165, 1.54) is 0 Å². The number of rotatable bonds is 8. The van der Waals surface area contributed by atoms with Crippen LogP contribution in [0, 0.1) is 5.92 Å². The highest BCUT2D eigenvalue weighted by Crippen LogP contribution is 2.42. The van der Waals surface area contributed by atoms with E-state index in [-0.39, 0.29) is 35.7 Å². The molecule has 2 aliphatic rings. The molecule has 5 unspecified atom stereocenters. The van der Waals surface area contributed by atoms with Gasteiger partial charge in [0, 0.05) is 48.4 Å². The van der Waals surface area contributed by atoms with Gasteiger partial charge >= 0.3 is 0 Å². The van der Waals surface area contributed by atoms with E-state index in [1.54, 1.807) is 42.6 Å². The highest BCUT2D eigenvalue weighted by atomic mass is 32.2. The number of ether oxygens (including phenoxy) is 2. The summed E-state index contributed by atoms with van der Waals surface area (Å²) in [6.45, 7) is 4.11. The number of benzene rings is 3. The lowest BCUT2D eigenvalue weighted by Gasteiger charge is -2.42. The summed E-state index contributed by atoms with van der Waals surface area (Å²) in [4.78, 5) is 6.61. The van der Waals surface area contributed by atoms with Crippen molar-refractivity contribution in [1.29, 1.82) is 0 Å². The number of hydrogen-bond donors (Lipinski definition) is 3. The van der Waals surface area contributed by atoms with E-state index in [1.807, 2.05) is 42.5 Å². The number of likely N-dealkylation sites (tertiary alicyclic amines) is 1. The largest absolute Gasteiger partial charge is 0.392 e. The molecular weight excluding hydrogens is 554 g/mol. The maximum absolute atomic E-state index is 13.5. The van der Waals surface area contributed by atoms with Gasteiger partial charge in [-0.05, 0) is 41.8 Å². The number of pyridine rings is 1. The number of β-amino-alcohol motifs (C(OH)–C–C–N with tert-alkyl or cyclic N) is 1. The second-order valence-electron chi connectivity index (χ2n) is 11.1. The summed E-state index contributed by atoms with van der Waals surface area (Å²) >= 11 is 0. The zero-order chi connectivity index (χ0) is 29.3. The third-order valence-corrected chi connectivity index (χ3v) is 9.52. The van der Waals surface area contributed by atoms with Crippen molar-refractivity contribution >= 4 is 26.6 Å². The normalized spacial score (nSPS) is 25.1. The van der Waals surface area contributed by atoms with Crippen molar-refractivity contribution in [3.05, 3.63) is 102 Å². The Bertz CT molecular complexity index is 1640. The lowest BCUT2D eigenvalue weighted by atomic mass is 9.90. The predicted octanol–water partition coefficient (Wildman–Crippen LogP) is 4.39. The van der Waals surface area contributed by atoms with E-state index in [9.17, 15) is 18.6 Å². The van der Waals surface area contributed by atoms with Crippen LogP contribution >= 0.6 is 0 Å². The topological polar surface area (TPSA) is 121 Å². The van der Waals surface area contributed by atoms with E-state index < -0.39 is 16.3 Å². The zero-order valence-electron chi connectivity index (χ0n) is 23.3. The van der Waals surface area contributed by atoms with Gasteiger partial charge in [-0.25, -0.2) is 8.42 Å². The number of nitrogens with one attached hydrogen (secondary N) is 1. The van der Waals surface area contributed by atoms with Crippen LogP contribution in [0.4, 0.5) is 5.69 Å². The molecule has 0 spiro atoms. The van der Waals surface area contributed by atoms with Crippen LogP contribution in [0.3, 0.4) is 0 Å². The van der Waals surface area contributed by atoms with Gasteiger partial charge in [-0.2, -0.15) is 0 Å². The van der Waals surface area contributed by atoms with E-state index >= 15 is 0 Å². The molecular formula is C32H35N3O6S. The number of nitrogens with zero attached hydrogens (tertiary/aromatic N) is 2. The summed E-state index contributed by atoms with van der Waals surface area (Å²) in [7, 11) is -3.93. The Kier molecular flexibility index (Phi) is 8.26. The van der Waals surface area contributed by atoms with Crippen LogP contribution in [0.5, 0.6) is 0 Å². The number of para-hydroxylation sites is 1. The zero-order valence-corrected chi connectivity index (χ0v) is 24.2. The molecule has 0 aliphatic carbocycles. The molecule has 220 valence electrons. The van der Waals surface area contributed by atoms with Crippen LogP contribution in [0.15, 0.2) is 90.0 Å². The molecule has 5 atom stereocenters. The van der Waals surface area contributed by atoms with E-state index in [0.717, 1.165) is 29.5 Å². The highest BCUT2D eigenvalue weighted by molar-refractivity contribution is 7.93. The van der Waals surface area contributed by atoms with Crippen molar-refractivity contribution < 1.29 is 28.1 Å². The monoisotopic (exact) mass is 589 g/mol. The lowest BCUT2D eigenvalue weighted by Crippen LogP contribution is -2.44. The first-order chi connectivity index (χ1) is 20.3. The molecule has 42 heavy (non-hydrogen) atoms. The van der Waals surface area contributed by atoms with Crippen molar-refractivity contribution in [2.24, 2.45) is 5.92 Å². The molecule has 10 heteroatoms. The van der Waals surface area contributed by atoms with E-state index in [4.69, 9.17) is 9.47 Å². The molecule has 3 heterocycles. The Hall–Kier alpha value is -3.38. The minimum absolute atomic E-state index is 0.000448. The number of fused-ring (bicyclic) bond motifs is 1. The van der Waals surface area contributed by atoms with Gasteiger partial charge in [0.05, 0.1) is 30.4 Å². The molecule has 2 fully saturated rings. The minimum atomic E-state index is -3.93. The second kappa shape index (κ2) is 12.1. The van der Waals surface area contributed by atoms with Gasteiger partial charge in [0.25, 0.3) is 10.0 Å². The molecule has 9 nitrogen and oxygen atoms in total. The maximum Gasteiger partial charge on any atom is 0.264 e. The Balaban J connectivity index is 1.28. The molecule has 2 aliphatic heterocycles. The number of anilines is 1. The van der Waals surface area contributed by atoms with Gasteiger partial charge in [-0.3, -0.25) is 14.6 Å². The number of sulfonamides is 1. The fourth-order valence-corrected chi connectivity index (χ4v) is 7.04. The summed E-state index contributed by atoms with van der Waals surface area (Å²) in [6.07, 6.45) is 0.744. The van der Waals surface area contributed by atoms with Crippen molar-refractivity contribution in [3.8, 4) is 0 Å². The molecule has 1 aromatic heterocycles. The quantitative estimate of drug-likeness (QED) is 0.277. The Labute approximate surface area is 245 Å². The average molecular weight is 590 g/mol. The first-order valence-corrected chi connectivity index (χ1v) is 15.7. The van der Waals surface area contributed by atoms with Gasteiger partial charge in [0.2, 0.25) is 0 Å². The second-order valence-corrected chi connectivity index (χ2v) is 12.7. The third kappa shape index (κ3) is 6.05. The van der Waals surface area contributed by atoms with E-state index in [2.05, 4.69) is 21.5 Å². The Morgan fingerprint density at radius 3 is 2.55 bits per heavy atom. The summed E-state index contributed by atoms with van der Waals surface area (Å²) in [5.74, 6) is -0.000448. The van der Waals surface area contributed by atoms with E-state index in [0.29, 0.717) is 29.9 Å². The first kappa shape index (κ1) is 28.7. The predicted molar refractivity (Wildman–Crippen MR) is 159 cm³/mol. The third-order valence-electron chi connectivity index (χ3n) is 8.11. The molecule has 4 aromatic rings. The van der Waals surface area contributed by atoms with Gasteiger partial charge in [-0.1, -0.05) is 61.5 Å². The van der Waals surface area contributed by atoms with Crippen molar-refractivity contribution in [3.63, 3.8) is 0 Å². The summed E-state index contributed by atoms with van der Waals surface area (Å²) in [5, 5.41) is 20.3. The molecule has 0 bridgehead atoms. The van der Waals surface area contributed by atoms with Gasteiger partial charge < -0.3 is 19.7 Å². The number of hydrogen-bond acceptors (Lipinski definition) is 8. The molecule has 0 amide bonds. The Morgan fingerprint density at radius 1 is 1.00 bits per heavy atom. The lowest BCUT2D eigenvalue weighted by molar-refractivity contribution is -0.276. The van der Waals surface area contributed by atoms with Crippen LogP contribution in [0.25, 0.3) is 10.9 Å². The van der Waals surface area contributed by atoms with Crippen molar-refractivity contribution in [2.75, 3.05) is 24.4 Å². The molecule has 0 radical (unpaired) electrons. The SMILES string of the molecule is CC1C(CN2CCC(O)C2)OC(c2cccc(NS(=O)(=O)c3cccc4cccnc34)c2)OC1c1ccc(CO)cc1. The average Bonchev–Trinajstić information content (AvgIpc) is 3.42. The van der Waals surface area contributed by atoms with Gasteiger partial charge in [0.15, 0.2) is 6.29 Å². The smallest absolute Gasteiger partial charge is 0.264 e. The fraction of sp³-hybridized carbons (Fsp3) is 0.344. The highest BCUT2D eigenvalue weighted by Gasteiger charge is 2.40. The summed E-state index contributed by atoms with van der Waals surface area (Å²) in [5.41, 5.74) is 3.26. The van der Waals surface area contributed by atoms with Crippen molar-refractivity contribution in [2.45, 2.75) is 49.4 Å². The van der Waals surface area contributed by atoms with Crippen LogP contribution in [0.1, 0.15) is 42.4 Å². The van der Waals surface area contributed by atoms with Crippen LogP contribution in [0.2, 0.25) is 0 Å². The maximum atomic E-state index is 13.5. The molecule has 3 aromatic carbocycles. The van der Waals surface area contributed by atoms with Gasteiger partial charge in [-0.15, -0.1) is 0 Å². The molecule has 0 saturated carbocycles. The number of aromatic nitrogens is 1. The van der Waals surface area contributed by atoms with Crippen LogP contribution in [-0.4, -0.2) is 60.4 Å². The number of aliphatic hydroxyl groups is 2. The molecule has 3 N–H and O–H groups in total. The minimum Gasteiger partial charge on any atom is -0.392 e. The first-order valence-electron chi connectivity index (χ1n) is 14.2.